The topological polar surface area (TPSA) is 41.6 Å². The average Bonchev–Trinajstić information content (AvgIpc) is 2.41. The van der Waals surface area contributed by atoms with Crippen molar-refractivity contribution in [2.75, 3.05) is 19.7 Å². The number of halogens is 2. The lowest BCUT2D eigenvalue weighted by Gasteiger charge is -2.32. The molecule has 1 aliphatic heterocycles. The van der Waals surface area contributed by atoms with Gasteiger partial charge in [-0.05, 0) is 31.5 Å². The first-order valence-corrected chi connectivity index (χ1v) is 6.97. The van der Waals surface area contributed by atoms with Crippen molar-refractivity contribution in [3.05, 3.63) is 34.6 Å². The molecular weight excluding hydrogens is 283 g/mol. The number of amides is 2. The first kappa shape index (κ1) is 15.1. The van der Waals surface area contributed by atoms with Crippen LogP contribution in [0.15, 0.2) is 18.2 Å². The zero-order chi connectivity index (χ0) is 14.7. The molecule has 0 bridgehead atoms. The maximum absolute atomic E-state index is 13.1. The third kappa shape index (κ3) is 3.61. The number of rotatable bonds is 2. The van der Waals surface area contributed by atoms with Gasteiger partial charge in [-0.2, -0.15) is 0 Å². The molecule has 4 nitrogen and oxygen atoms in total. The zero-order valence-electron chi connectivity index (χ0n) is 11.5. The van der Waals surface area contributed by atoms with Gasteiger partial charge in [0.25, 0.3) is 0 Å². The molecule has 0 aliphatic carbocycles. The van der Waals surface area contributed by atoms with Gasteiger partial charge in [-0.25, -0.2) is 9.18 Å². The Bertz CT molecular complexity index is 498. The number of carbonyl (C=O) groups excluding carboxylic acids is 1. The van der Waals surface area contributed by atoms with E-state index in [0.717, 1.165) is 5.56 Å². The number of urea groups is 1. The first-order chi connectivity index (χ1) is 9.47. The monoisotopic (exact) mass is 300 g/mol. The van der Waals surface area contributed by atoms with Gasteiger partial charge >= 0.3 is 6.03 Å². The Kier molecular flexibility index (Phi) is 4.83. The fourth-order valence-corrected chi connectivity index (χ4v) is 2.33. The molecule has 1 fully saturated rings. The van der Waals surface area contributed by atoms with Gasteiger partial charge in [0.2, 0.25) is 0 Å². The number of benzene rings is 1. The van der Waals surface area contributed by atoms with Crippen molar-refractivity contribution in [3.8, 4) is 0 Å². The molecule has 1 saturated heterocycles. The Morgan fingerprint density at radius 1 is 1.60 bits per heavy atom. The van der Waals surface area contributed by atoms with Gasteiger partial charge in [-0.15, -0.1) is 0 Å². The number of carbonyl (C=O) groups is 1. The summed E-state index contributed by atoms with van der Waals surface area (Å²) in [6.45, 7) is 5.47. The fourth-order valence-electron chi connectivity index (χ4n) is 2.14. The summed E-state index contributed by atoms with van der Waals surface area (Å²) in [5.41, 5.74) is 0.769. The Morgan fingerprint density at radius 2 is 2.35 bits per heavy atom. The molecule has 0 saturated carbocycles. The van der Waals surface area contributed by atoms with Gasteiger partial charge in [0, 0.05) is 13.1 Å². The van der Waals surface area contributed by atoms with E-state index in [1.54, 1.807) is 11.0 Å². The quantitative estimate of drug-likeness (QED) is 0.912. The molecule has 2 unspecified atom stereocenters. The number of nitrogens with one attached hydrogen (secondary N) is 1. The summed E-state index contributed by atoms with van der Waals surface area (Å²) in [4.78, 5) is 13.8. The smallest absolute Gasteiger partial charge is 0.318 e. The minimum Gasteiger partial charge on any atom is -0.375 e. The molecule has 2 amide bonds. The normalized spacial score (nSPS) is 20.6. The van der Waals surface area contributed by atoms with Gasteiger partial charge in [0.15, 0.2) is 0 Å². The molecule has 1 aromatic carbocycles. The number of ether oxygens (including phenoxy) is 1. The summed E-state index contributed by atoms with van der Waals surface area (Å²) in [5.74, 6) is -0.462. The van der Waals surface area contributed by atoms with Crippen LogP contribution in [-0.2, 0) is 4.74 Å². The highest BCUT2D eigenvalue weighted by atomic mass is 35.5. The Hall–Kier alpha value is -1.33. The van der Waals surface area contributed by atoms with Crippen molar-refractivity contribution >= 4 is 17.6 Å². The summed E-state index contributed by atoms with van der Waals surface area (Å²) < 4.78 is 18.5. The molecule has 0 radical (unpaired) electrons. The second-order valence-electron chi connectivity index (χ2n) is 4.97. The molecule has 1 heterocycles. The van der Waals surface area contributed by atoms with Crippen molar-refractivity contribution in [2.24, 2.45) is 0 Å². The van der Waals surface area contributed by atoms with E-state index in [2.05, 4.69) is 5.32 Å². The van der Waals surface area contributed by atoms with E-state index in [0.29, 0.717) is 19.7 Å². The third-order valence-electron chi connectivity index (χ3n) is 3.31. The van der Waals surface area contributed by atoms with E-state index in [-0.39, 0.29) is 23.2 Å². The molecule has 0 aromatic heterocycles. The largest absolute Gasteiger partial charge is 0.375 e. The molecule has 6 heteroatoms. The molecule has 0 spiro atoms. The van der Waals surface area contributed by atoms with Crippen LogP contribution in [0.5, 0.6) is 0 Å². The van der Waals surface area contributed by atoms with Gasteiger partial charge in [0.1, 0.15) is 5.82 Å². The predicted octanol–water partition coefficient (Wildman–Crippen LogP) is 2.97. The second-order valence-corrected chi connectivity index (χ2v) is 5.38. The number of hydrogen-bond donors (Lipinski definition) is 1. The SMILES string of the molecule is CC1CN(C(=O)NC(C)c2ccc(F)c(Cl)c2)CCO1. The minimum absolute atomic E-state index is 0.0464. The molecule has 20 heavy (non-hydrogen) atoms. The molecule has 2 atom stereocenters. The van der Waals surface area contributed by atoms with Crippen LogP contribution in [-0.4, -0.2) is 36.7 Å². The van der Waals surface area contributed by atoms with Crippen LogP contribution < -0.4 is 5.32 Å². The van der Waals surface area contributed by atoms with Crippen LogP contribution in [0.2, 0.25) is 5.02 Å². The number of hydrogen-bond acceptors (Lipinski definition) is 2. The van der Waals surface area contributed by atoms with Crippen LogP contribution in [0.4, 0.5) is 9.18 Å². The summed E-state index contributed by atoms with van der Waals surface area (Å²) in [5, 5.41) is 2.94. The zero-order valence-corrected chi connectivity index (χ0v) is 12.3. The second kappa shape index (κ2) is 6.41. The summed E-state index contributed by atoms with van der Waals surface area (Å²) in [6.07, 6.45) is 0.0464. The first-order valence-electron chi connectivity index (χ1n) is 6.59. The molecule has 1 aliphatic rings. The van der Waals surface area contributed by atoms with Crippen molar-refractivity contribution in [1.82, 2.24) is 10.2 Å². The van der Waals surface area contributed by atoms with Crippen LogP contribution in [0.3, 0.4) is 0 Å². The van der Waals surface area contributed by atoms with Gasteiger partial charge in [-0.3, -0.25) is 0 Å². The summed E-state index contributed by atoms with van der Waals surface area (Å²) in [7, 11) is 0. The van der Waals surface area contributed by atoms with E-state index < -0.39 is 5.82 Å². The molecule has 1 aromatic rings. The van der Waals surface area contributed by atoms with Crippen LogP contribution in [0, 0.1) is 5.82 Å². The van der Waals surface area contributed by atoms with E-state index in [9.17, 15) is 9.18 Å². The predicted molar refractivity (Wildman–Crippen MR) is 75.3 cm³/mol. The maximum Gasteiger partial charge on any atom is 0.318 e. The highest BCUT2D eigenvalue weighted by Gasteiger charge is 2.22. The van der Waals surface area contributed by atoms with E-state index in [1.807, 2.05) is 13.8 Å². The van der Waals surface area contributed by atoms with Gasteiger partial charge in [0.05, 0.1) is 23.8 Å². The molecule has 1 N–H and O–H groups in total. The van der Waals surface area contributed by atoms with Crippen LogP contribution in [0.1, 0.15) is 25.5 Å². The van der Waals surface area contributed by atoms with E-state index in [4.69, 9.17) is 16.3 Å². The van der Waals surface area contributed by atoms with Crippen molar-refractivity contribution < 1.29 is 13.9 Å². The lowest BCUT2D eigenvalue weighted by atomic mass is 10.1. The van der Waals surface area contributed by atoms with E-state index >= 15 is 0 Å². The lowest BCUT2D eigenvalue weighted by molar-refractivity contribution is -0.00380. The molecular formula is C14H18ClFN2O2. The summed E-state index contributed by atoms with van der Waals surface area (Å²) in [6, 6.07) is 4.07. The highest BCUT2D eigenvalue weighted by Crippen LogP contribution is 2.21. The number of nitrogens with zero attached hydrogens (tertiary/aromatic N) is 1. The Morgan fingerprint density at radius 3 is 3.00 bits per heavy atom. The maximum atomic E-state index is 13.1. The minimum atomic E-state index is -0.462. The average molecular weight is 301 g/mol. The lowest BCUT2D eigenvalue weighted by Crippen LogP contribution is -2.49. The Balaban J connectivity index is 1.97. The highest BCUT2D eigenvalue weighted by molar-refractivity contribution is 6.30. The van der Waals surface area contributed by atoms with Gasteiger partial charge < -0.3 is 15.0 Å². The third-order valence-corrected chi connectivity index (χ3v) is 3.60. The van der Waals surface area contributed by atoms with Crippen LogP contribution >= 0.6 is 11.6 Å². The van der Waals surface area contributed by atoms with E-state index in [1.165, 1.54) is 12.1 Å². The Labute approximate surface area is 122 Å². The van der Waals surface area contributed by atoms with Gasteiger partial charge in [-0.1, -0.05) is 17.7 Å². The number of morpholine rings is 1. The standard InChI is InChI=1S/C14H18ClFN2O2/c1-9-8-18(5-6-20-9)14(19)17-10(2)11-3-4-13(16)12(15)7-11/h3-4,7,9-10H,5-6,8H2,1-2H3,(H,17,19). The molecule has 110 valence electrons. The van der Waals surface area contributed by atoms with Crippen molar-refractivity contribution in [3.63, 3.8) is 0 Å². The molecule has 2 rings (SSSR count). The van der Waals surface area contributed by atoms with Crippen molar-refractivity contribution in [2.45, 2.75) is 26.0 Å². The van der Waals surface area contributed by atoms with Crippen molar-refractivity contribution in [1.29, 1.82) is 0 Å². The fraction of sp³-hybridized carbons (Fsp3) is 0.500. The summed E-state index contributed by atoms with van der Waals surface area (Å²) >= 11 is 5.75. The van der Waals surface area contributed by atoms with Crippen LogP contribution in [0.25, 0.3) is 0 Å².